The van der Waals surface area contributed by atoms with E-state index in [0.717, 1.165) is 60.2 Å². The first-order chi connectivity index (χ1) is 13.0. The van der Waals surface area contributed by atoms with Crippen molar-refractivity contribution in [2.45, 2.75) is 31.8 Å². The molecule has 1 aliphatic rings. The largest absolute Gasteiger partial charge is 0.497 e. The van der Waals surface area contributed by atoms with Gasteiger partial charge in [-0.25, -0.2) is 13.2 Å². The van der Waals surface area contributed by atoms with Gasteiger partial charge in [0.15, 0.2) is 0 Å². The zero-order valence-corrected chi connectivity index (χ0v) is 15.1. The summed E-state index contributed by atoms with van der Waals surface area (Å²) in [6.07, 6.45) is 4.69. The Balaban J connectivity index is 1.56. The van der Waals surface area contributed by atoms with E-state index in [1.165, 1.54) is 0 Å². The number of H-pyrrole nitrogens is 1. The molecule has 1 atom stereocenters. The SMILES string of the molecule is COc1ccc2[nH]cc(C[C@H]3CCCN3Cc3c(F)cc(F)cc3F)c2c1. The van der Waals surface area contributed by atoms with Crippen molar-refractivity contribution < 1.29 is 17.9 Å². The van der Waals surface area contributed by atoms with Gasteiger partial charge in [-0.1, -0.05) is 0 Å². The molecule has 0 amide bonds. The van der Waals surface area contributed by atoms with Crippen LogP contribution in [0, 0.1) is 17.5 Å². The number of likely N-dealkylation sites (tertiary alicyclic amines) is 1. The van der Waals surface area contributed by atoms with Crippen molar-refractivity contribution in [2.75, 3.05) is 13.7 Å². The zero-order chi connectivity index (χ0) is 19.0. The highest BCUT2D eigenvalue weighted by molar-refractivity contribution is 5.84. The highest BCUT2D eigenvalue weighted by Gasteiger charge is 2.27. The molecular formula is C21H21F3N2O. The van der Waals surface area contributed by atoms with Crippen molar-refractivity contribution in [1.82, 2.24) is 9.88 Å². The first kappa shape index (κ1) is 17.9. The Bertz CT molecular complexity index is 946. The number of ether oxygens (including phenoxy) is 1. The molecule has 1 saturated heterocycles. The minimum absolute atomic E-state index is 0.0658. The Morgan fingerprint density at radius 3 is 2.67 bits per heavy atom. The second-order valence-electron chi connectivity index (χ2n) is 7.04. The van der Waals surface area contributed by atoms with Crippen LogP contribution in [0.5, 0.6) is 5.75 Å². The van der Waals surface area contributed by atoms with Gasteiger partial charge in [0.05, 0.1) is 7.11 Å². The van der Waals surface area contributed by atoms with Crippen LogP contribution in [0.1, 0.15) is 24.0 Å². The zero-order valence-electron chi connectivity index (χ0n) is 15.1. The molecule has 0 spiro atoms. The molecule has 1 aliphatic heterocycles. The molecule has 0 bridgehead atoms. The average molecular weight is 374 g/mol. The maximum absolute atomic E-state index is 14.0. The van der Waals surface area contributed by atoms with Crippen LogP contribution in [0.15, 0.2) is 36.5 Å². The molecule has 1 fully saturated rings. The third-order valence-corrected chi connectivity index (χ3v) is 5.40. The summed E-state index contributed by atoms with van der Waals surface area (Å²) in [6.45, 7) is 0.918. The van der Waals surface area contributed by atoms with Gasteiger partial charge in [-0.15, -0.1) is 0 Å². The Kier molecular flexibility index (Phi) is 4.83. The lowest BCUT2D eigenvalue weighted by Gasteiger charge is -2.25. The first-order valence-electron chi connectivity index (χ1n) is 9.06. The molecule has 0 aliphatic carbocycles. The smallest absolute Gasteiger partial charge is 0.133 e. The molecule has 3 nitrogen and oxygen atoms in total. The molecule has 0 unspecified atom stereocenters. The number of methoxy groups -OCH3 is 1. The van der Waals surface area contributed by atoms with Crippen LogP contribution in [0.25, 0.3) is 10.9 Å². The monoisotopic (exact) mass is 374 g/mol. The molecule has 2 aromatic carbocycles. The maximum atomic E-state index is 14.0. The lowest BCUT2D eigenvalue weighted by atomic mass is 10.0. The standard InChI is InChI=1S/C21H21F3N2O/c1-27-16-4-5-21-17(10-16)13(11-25-21)7-15-3-2-6-26(15)12-18-19(23)8-14(22)9-20(18)24/h4-5,8-11,15,25H,2-3,6-7,12H2,1H3/t15-/m1/s1. The van der Waals surface area contributed by atoms with E-state index in [9.17, 15) is 13.2 Å². The fraction of sp³-hybridized carbons (Fsp3) is 0.333. The number of halogens is 3. The predicted molar refractivity (Wildman–Crippen MR) is 98.3 cm³/mol. The van der Waals surface area contributed by atoms with Crippen molar-refractivity contribution in [3.63, 3.8) is 0 Å². The van der Waals surface area contributed by atoms with E-state index in [1.807, 2.05) is 24.4 Å². The van der Waals surface area contributed by atoms with Gasteiger partial charge in [-0.3, -0.25) is 4.90 Å². The van der Waals surface area contributed by atoms with Gasteiger partial charge >= 0.3 is 0 Å². The summed E-state index contributed by atoms with van der Waals surface area (Å²) in [5.41, 5.74) is 2.12. The topological polar surface area (TPSA) is 28.3 Å². The van der Waals surface area contributed by atoms with Gasteiger partial charge in [0.1, 0.15) is 23.2 Å². The number of rotatable bonds is 5. The number of fused-ring (bicyclic) bond motifs is 1. The minimum atomic E-state index is -0.889. The molecule has 3 aromatic rings. The fourth-order valence-corrected chi connectivity index (χ4v) is 3.97. The second-order valence-corrected chi connectivity index (χ2v) is 7.04. The molecule has 142 valence electrons. The number of benzene rings is 2. The van der Waals surface area contributed by atoms with E-state index < -0.39 is 17.5 Å². The predicted octanol–water partition coefficient (Wildman–Crippen LogP) is 4.80. The van der Waals surface area contributed by atoms with Gasteiger partial charge in [0.2, 0.25) is 0 Å². The van der Waals surface area contributed by atoms with E-state index >= 15 is 0 Å². The Morgan fingerprint density at radius 1 is 1.15 bits per heavy atom. The summed E-state index contributed by atoms with van der Waals surface area (Å²) in [4.78, 5) is 5.35. The van der Waals surface area contributed by atoms with Crippen LogP contribution in [-0.4, -0.2) is 29.6 Å². The van der Waals surface area contributed by atoms with E-state index in [2.05, 4.69) is 9.88 Å². The lowest BCUT2D eigenvalue weighted by molar-refractivity contribution is 0.237. The fourth-order valence-electron chi connectivity index (χ4n) is 3.97. The Hall–Kier alpha value is -2.47. The highest BCUT2D eigenvalue weighted by Crippen LogP contribution is 2.29. The summed E-state index contributed by atoms with van der Waals surface area (Å²) >= 11 is 0. The first-order valence-corrected chi connectivity index (χ1v) is 9.06. The van der Waals surface area contributed by atoms with Gasteiger partial charge < -0.3 is 9.72 Å². The Morgan fingerprint density at radius 2 is 1.93 bits per heavy atom. The lowest BCUT2D eigenvalue weighted by Crippen LogP contribution is -2.31. The number of hydrogen-bond donors (Lipinski definition) is 1. The molecular weight excluding hydrogens is 353 g/mol. The molecule has 0 radical (unpaired) electrons. The number of nitrogens with one attached hydrogen (secondary N) is 1. The average Bonchev–Trinajstić information content (AvgIpc) is 3.25. The van der Waals surface area contributed by atoms with E-state index in [4.69, 9.17) is 4.74 Å². The van der Waals surface area contributed by atoms with Crippen LogP contribution < -0.4 is 4.74 Å². The number of aromatic nitrogens is 1. The summed E-state index contributed by atoms with van der Waals surface area (Å²) in [5, 5.41) is 1.10. The van der Waals surface area contributed by atoms with Crippen LogP contribution >= 0.6 is 0 Å². The number of nitrogens with zero attached hydrogens (tertiary/aromatic N) is 1. The van der Waals surface area contributed by atoms with Crippen LogP contribution in [0.4, 0.5) is 13.2 Å². The van der Waals surface area contributed by atoms with Gasteiger partial charge in [0.25, 0.3) is 0 Å². The van der Waals surface area contributed by atoms with Crippen molar-refractivity contribution >= 4 is 10.9 Å². The van der Waals surface area contributed by atoms with Gasteiger partial charge in [-0.05, 0) is 49.6 Å². The van der Waals surface area contributed by atoms with Crippen LogP contribution in [-0.2, 0) is 13.0 Å². The molecule has 6 heteroatoms. The summed E-state index contributed by atoms with van der Waals surface area (Å²) in [5.74, 6) is -1.74. The second kappa shape index (κ2) is 7.27. The quantitative estimate of drug-likeness (QED) is 0.695. The van der Waals surface area contributed by atoms with Gasteiger partial charge in [-0.2, -0.15) is 0 Å². The van der Waals surface area contributed by atoms with E-state index in [-0.39, 0.29) is 18.2 Å². The summed E-state index contributed by atoms with van der Waals surface area (Å²) in [6, 6.07) is 7.56. The molecule has 0 saturated carbocycles. The highest BCUT2D eigenvalue weighted by atomic mass is 19.1. The third-order valence-electron chi connectivity index (χ3n) is 5.40. The molecule has 27 heavy (non-hydrogen) atoms. The normalized spacial score (nSPS) is 17.7. The maximum Gasteiger partial charge on any atom is 0.133 e. The molecule has 1 aromatic heterocycles. The molecule has 2 heterocycles. The molecule has 4 rings (SSSR count). The minimum Gasteiger partial charge on any atom is -0.497 e. The summed E-state index contributed by atoms with van der Waals surface area (Å²) in [7, 11) is 1.64. The number of hydrogen-bond acceptors (Lipinski definition) is 2. The van der Waals surface area contributed by atoms with Crippen molar-refractivity contribution in [3.8, 4) is 5.75 Å². The Labute approximate surface area is 155 Å². The van der Waals surface area contributed by atoms with Crippen molar-refractivity contribution in [3.05, 3.63) is 65.1 Å². The molecule has 1 N–H and O–H groups in total. The van der Waals surface area contributed by atoms with E-state index in [1.54, 1.807) is 7.11 Å². The van der Waals surface area contributed by atoms with Gasteiger partial charge in [0, 0.05) is 47.4 Å². The summed E-state index contributed by atoms with van der Waals surface area (Å²) < 4.78 is 46.5. The van der Waals surface area contributed by atoms with Crippen LogP contribution in [0.3, 0.4) is 0 Å². The third kappa shape index (κ3) is 3.54. The van der Waals surface area contributed by atoms with E-state index in [0.29, 0.717) is 0 Å². The van der Waals surface area contributed by atoms with Crippen molar-refractivity contribution in [2.24, 2.45) is 0 Å². The number of aromatic amines is 1. The van der Waals surface area contributed by atoms with Crippen molar-refractivity contribution in [1.29, 1.82) is 0 Å². The van der Waals surface area contributed by atoms with Crippen LogP contribution in [0.2, 0.25) is 0 Å².